The van der Waals surface area contributed by atoms with Gasteiger partial charge in [-0.15, -0.1) is 0 Å². The first-order valence-electron chi connectivity index (χ1n) is 19.3. The van der Waals surface area contributed by atoms with Gasteiger partial charge in [0.05, 0.1) is 82.1 Å². The Morgan fingerprint density at radius 3 is 1.20 bits per heavy atom. The van der Waals surface area contributed by atoms with Crippen molar-refractivity contribution in [2.24, 2.45) is 0 Å². The molecule has 0 aliphatic carbocycles. The fourth-order valence-electron chi connectivity index (χ4n) is 5.25. The van der Waals surface area contributed by atoms with Crippen molar-refractivity contribution in [3.05, 3.63) is 77.9 Å². The highest BCUT2D eigenvalue weighted by molar-refractivity contribution is 7.85. The molecule has 0 radical (unpaired) electrons. The van der Waals surface area contributed by atoms with Crippen molar-refractivity contribution < 1.29 is 61.9 Å². The van der Waals surface area contributed by atoms with Gasteiger partial charge in [-0.25, -0.2) is 9.59 Å². The van der Waals surface area contributed by atoms with Gasteiger partial charge >= 0.3 is 11.9 Å². The summed E-state index contributed by atoms with van der Waals surface area (Å²) in [6.45, 7) is 2.08. The van der Waals surface area contributed by atoms with Gasteiger partial charge in [0.1, 0.15) is 0 Å². The molecule has 0 aliphatic rings. The van der Waals surface area contributed by atoms with Crippen LogP contribution in [0.2, 0.25) is 0 Å². The van der Waals surface area contributed by atoms with E-state index in [0.717, 1.165) is 12.1 Å². The zero-order chi connectivity index (χ0) is 45.7. The first-order chi connectivity index (χ1) is 30.9. The Morgan fingerprint density at radius 1 is 0.484 bits per heavy atom. The average Bonchev–Trinajstić information content (AvgIpc) is 3.25. The number of carboxylic acids is 2. The third-order valence-corrected chi connectivity index (χ3v) is 8.82. The molecule has 0 aliphatic heterocycles. The quantitative estimate of drug-likeness (QED) is 0.0242. The molecular formula is C38H46N12O13S. The van der Waals surface area contributed by atoms with Crippen LogP contribution in [-0.4, -0.2) is 154 Å². The molecule has 11 N–H and O–H groups in total. The average molecular weight is 911 g/mol. The molecule has 64 heavy (non-hydrogen) atoms. The first-order valence-corrected chi connectivity index (χ1v) is 20.7. The summed E-state index contributed by atoms with van der Waals surface area (Å²) in [6.07, 6.45) is 0. The lowest BCUT2D eigenvalue weighted by Gasteiger charge is -2.14. The molecule has 2 heterocycles. The minimum atomic E-state index is -4.82. The Balaban J connectivity index is 1.41. The highest BCUT2D eigenvalue weighted by atomic mass is 32.2. The molecule has 5 aromatic rings. The molecule has 26 heteroatoms. The van der Waals surface area contributed by atoms with E-state index in [1.165, 1.54) is 42.5 Å². The van der Waals surface area contributed by atoms with E-state index in [1.54, 1.807) is 12.1 Å². The Hall–Kier alpha value is -6.91. The van der Waals surface area contributed by atoms with Crippen molar-refractivity contribution in [1.82, 2.24) is 29.9 Å². The largest absolute Gasteiger partial charge is 0.478 e. The van der Waals surface area contributed by atoms with E-state index in [4.69, 9.17) is 29.2 Å². The second kappa shape index (κ2) is 24.7. The number of aromatic carboxylic acids is 2. The number of hydrogen-bond donors (Lipinski definition) is 11. The minimum Gasteiger partial charge on any atom is -0.478 e. The number of rotatable bonds is 29. The lowest BCUT2D eigenvalue weighted by atomic mass is 10.2. The van der Waals surface area contributed by atoms with Gasteiger partial charge in [0.15, 0.2) is 0 Å². The van der Waals surface area contributed by atoms with Crippen LogP contribution in [0.15, 0.2) is 71.6 Å². The van der Waals surface area contributed by atoms with Gasteiger partial charge in [-0.2, -0.15) is 38.3 Å². The Bertz CT molecular complexity index is 2290. The highest BCUT2D eigenvalue weighted by Gasteiger charge is 2.17. The summed E-state index contributed by atoms with van der Waals surface area (Å²) in [7, 11) is -4.82. The van der Waals surface area contributed by atoms with E-state index in [1.807, 2.05) is 0 Å². The molecule has 0 saturated heterocycles. The van der Waals surface area contributed by atoms with Crippen LogP contribution in [0.3, 0.4) is 0 Å². The number of benzene rings is 3. The molecule has 0 amide bonds. The summed E-state index contributed by atoms with van der Waals surface area (Å²) in [5, 5.41) is 54.4. The predicted molar refractivity (Wildman–Crippen MR) is 230 cm³/mol. The molecule has 5 rings (SSSR count). The number of carboxylic acid groups (broad SMARTS) is 2. The normalized spacial score (nSPS) is 11.2. The van der Waals surface area contributed by atoms with Crippen LogP contribution < -0.4 is 31.9 Å². The van der Waals surface area contributed by atoms with Gasteiger partial charge in [-0.05, 0) is 54.6 Å². The van der Waals surface area contributed by atoms with Crippen molar-refractivity contribution in [2.45, 2.75) is 4.90 Å². The van der Waals surface area contributed by atoms with Crippen LogP contribution in [0.5, 0.6) is 0 Å². The van der Waals surface area contributed by atoms with Gasteiger partial charge in [0, 0.05) is 35.8 Å². The molecule has 25 nitrogen and oxygen atoms in total. The van der Waals surface area contributed by atoms with Gasteiger partial charge in [-0.1, -0.05) is 12.1 Å². The van der Waals surface area contributed by atoms with E-state index < -0.39 is 27.0 Å². The molecule has 3 aromatic carbocycles. The van der Waals surface area contributed by atoms with Gasteiger partial charge in [-0.3, -0.25) is 4.55 Å². The van der Waals surface area contributed by atoms with Crippen molar-refractivity contribution in [1.29, 1.82) is 0 Å². The van der Waals surface area contributed by atoms with E-state index in [-0.39, 0.29) is 137 Å². The predicted octanol–water partition coefficient (Wildman–Crippen LogP) is 2.55. The number of aromatic nitrogens is 6. The Kier molecular flexibility index (Phi) is 18.5. The maximum Gasteiger partial charge on any atom is 0.335 e. The zero-order valence-electron chi connectivity index (χ0n) is 33.9. The third-order valence-electron chi connectivity index (χ3n) is 7.99. The van der Waals surface area contributed by atoms with Crippen LogP contribution in [0, 0.1) is 0 Å². The fourth-order valence-corrected chi connectivity index (χ4v) is 5.80. The zero-order valence-corrected chi connectivity index (χ0v) is 34.7. The van der Waals surface area contributed by atoms with Gasteiger partial charge < -0.3 is 71.3 Å². The summed E-state index contributed by atoms with van der Waals surface area (Å²) in [5.41, 5.74) is 0.771. The molecule has 0 fully saturated rings. The molecule has 0 bridgehead atoms. The number of aliphatic hydroxyl groups is 2. The number of hydrogen-bond acceptors (Lipinski definition) is 22. The van der Waals surface area contributed by atoms with Crippen molar-refractivity contribution >= 4 is 80.5 Å². The Labute approximate surface area is 365 Å². The molecule has 342 valence electrons. The minimum absolute atomic E-state index is 0.0000978. The maximum absolute atomic E-state index is 12.5. The number of aliphatic hydroxyl groups excluding tert-OH is 2. The lowest BCUT2D eigenvalue weighted by molar-refractivity contribution is 0.0360. The summed E-state index contributed by atoms with van der Waals surface area (Å²) >= 11 is 0. The first kappa shape index (κ1) is 48.1. The number of carbonyl (C=O) groups is 2. The number of nitrogens with one attached hydrogen (secondary N) is 6. The SMILES string of the molecule is O=C(O)c1cccc(Nc2nc(NCCOCCOCCO)nc(Nc3cc(Nc4nc(NCCOCCOCCO)nc(Nc5cccc(C(=O)O)c5)n4)cc(S(=O)(=O)O)c3)n2)c1. The van der Waals surface area contributed by atoms with Gasteiger partial charge in [0.2, 0.25) is 35.7 Å². The van der Waals surface area contributed by atoms with Crippen LogP contribution >= 0.6 is 0 Å². The highest BCUT2D eigenvalue weighted by Crippen LogP contribution is 2.28. The van der Waals surface area contributed by atoms with E-state index in [9.17, 15) is 32.8 Å². The number of anilines is 10. The smallest absolute Gasteiger partial charge is 0.335 e. The molecule has 2 aromatic heterocycles. The number of nitrogens with zero attached hydrogens (tertiary/aromatic N) is 6. The standard InChI is InChI=1S/C38H46N12O13S/c51-9-13-62-17-15-60-11-7-39-33-45-35(41-26-5-1-3-24(19-26)31(53)54)49-37(47-33)43-28-21-29(23-30(22-28)64(57,58)59)44-38-48-34(40-8-12-61-16-18-63-14-10-52)46-36(50-38)42-27-6-2-4-25(20-27)32(55)56/h1-6,19-23,51-52H,7-18H2,(H,53,54)(H,55,56)(H,57,58,59)(H3,39,41,43,45,47,49)(H3,40,42,44,46,48,50). The van der Waals surface area contributed by atoms with Crippen LogP contribution in [-0.2, 0) is 29.1 Å². The van der Waals surface area contributed by atoms with Crippen molar-refractivity contribution in [2.75, 3.05) is 111 Å². The van der Waals surface area contributed by atoms with E-state index in [0.29, 0.717) is 11.4 Å². The number of ether oxygens (including phenoxy) is 4. The van der Waals surface area contributed by atoms with Gasteiger partial charge in [0.25, 0.3) is 10.1 Å². The van der Waals surface area contributed by atoms with Crippen LogP contribution in [0.25, 0.3) is 0 Å². The molecule has 0 saturated carbocycles. The van der Waals surface area contributed by atoms with Crippen molar-refractivity contribution in [3.8, 4) is 0 Å². The van der Waals surface area contributed by atoms with Crippen LogP contribution in [0.4, 0.5) is 58.4 Å². The maximum atomic E-state index is 12.5. The van der Waals surface area contributed by atoms with E-state index >= 15 is 0 Å². The van der Waals surface area contributed by atoms with Crippen LogP contribution in [0.1, 0.15) is 20.7 Å². The lowest BCUT2D eigenvalue weighted by Crippen LogP contribution is -2.16. The van der Waals surface area contributed by atoms with E-state index in [2.05, 4.69) is 61.8 Å². The second-order valence-electron chi connectivity index (χ2n) is 12.9. The monoisotopic (exact) mass is 910 g/mol. The third kappa shape index (κ3) is 16.4. The molecular weight excluding hydrogens is 865 g/mol. The van der Waals surface area contributed by atoms with Crippen molar-refractivity contribution in [3.63, 3.8) is 0 Å². The second-order valence-corrected chi connectivity index (χ2v) is 14.3. The Morgan fingerprint density at radius 2 is 0.844 bits per heavy atom. The summed E-state index contributed by atoms with van der Waals surface area (Å²) in [4.78, 5) is 48.9. The summed E-state index contributed by atoms with van der Waals surface area (Å²) in [5.74, 6) is -2.53. The summed E-state index contributed by atoms with van der Waals surface area (Å²) in [6, 6.07) is 15.5. The molecule has 0 unspecified atom stereocenters. The summed E-state index contributed by atoms with van der Waals surface area (Å²) < 4.78 is 56.6. The molecule has 0 spiro atoms. The fraction of sp³-hybridized carbons (Fsp3) is 0.316. The topological polar surface area (TPSA) is 356 Å². The molecule has 0 atom stereocenters.